The summed E-state index contributed by atoms with van der Waals surface area (Å²) in [5.41, 5.74) is 0.384. The second-order valence-electron chi connectivity index (χ2n) is 5.64. The summed E-state index contributed by atoms with van der Waals surface area (Å²) in [6.07, 6.45) is 5.79. The van der Waals surface area contributed by atoms with Crippen molar-refractivity contribution in [1.82, 2.24) is 15.5 Å². The molecule has 0 aliphatic heterocycles. The largest absolute Gasteiger partial charge is 0.339 e. The number of likely N-dealkylation sites (N-methyl/N-ethyl adjacent to an activating group) is 1. The molecule has 1 N–H and O–H groups in total. The minimum absolute atomic E-state index is 0.323. The van der Waals surface area contributed by atoms with Gasteiger partial charge in [-0.3, -0.25) is 0 Å². The Morgan fingerprint density at radius 1 is 1.33 bits per heavy atom. The van der Waals surface area contributed by atoms with Crippen LogP contribution in [0.15, 0.2) is 28.8 Å². The zero-order valence-corrected chi connectivity index (χ0v) is 12.2. The van der Waals surface area contributed by atoms with Crippen LogP contribution < -0.4 is 5.32 Å². The fraction of sp³-hybridized carbons (Fsp3) is 0.500. The number of rotatable bonds is 5. The van der Waals surface area contributed by atoms with Crippen LogP contribution in [0.4, 0.5) is 4.39 Å². The van der Waals surface area contributed by atoms with Crippen molar-refractivity contribution in [2.45, 2.75) is 38.1 Å². The molecule has 1 aromatic heterocycles. The molecule has 21 heavy (non-hydrogen) atoms. The predicted octanol–water partition coefficient (Wildman–Crippen LogP) is 3.20. The Balaban J connectivity index is 1.74. The van der Waals surface area contributed by atoms with E-state index < -0.39 is 0 Å². The minimum Gasteiger partial charge on any atom is -0.339 e. The van der Waals surface area contributed by atoms with Crippen LogP contribution >= 0.6 is 0 Å². The molecule has 1 heterocycles. The highest BCUT2D eigenvalue weighted by Crippen LogP contribution is 2.29. The van der Waals surface area contributed by atoms with Gasteiger partial charge in [0.1, 0.15) is 5.82 Å². The Labute approximate surface area is 123 Å². The normalized spacial score (nSPS) is 17.2. The predicted molar refractivity (Wildman–Crippen MR) is 78.2 cm³/mol. The molecule has 0 spiro atoms. The van der Waals surface area contributed by atoms with Gasteiger partial charge >= 0.3 is 0 Å². The summed E-state index contributed by atoms with van der Waals surface area (Å²) >= 11 is 0. The van der Waals surface area contributed by atoms with Gasteiger partial charge in [-0.15, -0.1) is 0 Å². The molecular formula is C16H20FN3O. The van der Waals surface area contributed by atoms with Gasteiger partial charge in [0.25, 0.3) is 0 Å². The third-order valence-corrected chi connectivity index (χ3v) is 4.32. The lowest BCUT2D eigenvalue weighted by Gasteiger charge is -2.20. The molecule has 1 aliphatic carbocycles. The standard InChI is InChI=1S/C16H20FN3O/c1-18-14(11-6-2-3-7-11)10-15-19-16(20-21-15)12-8-4-5-9-13(12)17/h4-5,8-9,11,14,18H,2-3,6-7,10H2,1H3. The summed E-state index contributed by atoms with van der Waals surface area (Å²) in [4.78, 5) is 4.34. The van der Waals surface area contributed by atoms with E-state index in [-0.39, 0.29) is 5.82 Å². The number of hydrogen-bond donors (Lipinski definition) is 1. The Hall–Kier alpha value is -1.75. The van der Waals surface area contributed by atoms with Crippen molar-refractivity contribution in [3.05, 3.63) is 36.0 Å². The summed E-state index contributed by atoms with van der Waals surface area (Å²) in [6, 6.07) is 6.83. The van der Waals surface area contributed by atoms with Gasteiger partial charge in [0.05, 0.1) is 5.56 Å². The van der Waals surface area contributed by atoms with E-state index in [9.17, 15) is 4.39 Å². The molecule has 1 aliphatic rings. The molecule has 1 aromatic carbocycles. The van der Waals surface area contributed by atoms with Crippen molar-refractivity contribution >= 4 is 0 Å². The van der Waals surface area contributed by atoms with Gasteiger partial charge in [-0.2, -0.15) is 4.98 Å². The first-order chi connectivity index (χ1) is 10.3. The molecular weight excluding hydrogens is 269 g/mol. The molecule has 1 atom stereocenters. The van der Waals surface area contributed by atoms with Crippen molar-refractivity contribution < 1.29 is 8.91 Å². The van der Waals surface area contributed by atoms with E-state index in [1.165, 1.54) is 31.7 Å². The third kappa shape index (κ3) is 3.13. The van der Waals surface area contributed by atoms with Crippen LogP contribution in [0.25, 0.3) is 11.4 Å². The van der Waals surface area contributed by atoms with Gasteiger partial charge in [0, 0.05) is 12.5 Å². The zero-order valence-electron chi connectivity index (χ0n) is 12.2. The summed E-state index contributed by atoms with van der Waals surface area (Å²) < 4.78 is 19.0. The highest BCUT2D eigenvalue weighted by atomic mass is 19.1. The van der Waals surface area contributed by atoms with Gasteiger partial charge in [-0.25, -0.2) is 4.39 Å². The lowest BCUT2D eigenvalue weighted by molar-refractivity contribution is 0.318. The van der Waals surface area contributed by atoms with Crippen LogP contribution in [0.5, 0.6) is 0 Å². The maximum Gasteiger partial charge on any atom is 0.228 e. The average Bonchev–Trinajstić information content (AvgIpc) is 3.17. The molecule has 0 radical (unpaired) electrons. The van der Waals surface area contributed by atoms with Gasteiger partial charge < -0.3 is 9.84 Å². The van der Waals surface area contributed by atoms with Crippen molar-refractivity contribution in [2.75, 3.05) is 7.05 Å². The SMILES string of the molecule is CNC(Cc1nc(-c2ccccc2F)no1)C1CCCC1. The highest BCUT2D eigenvalue weighted by molar-refractivity contribution is 5.54. The number of benzene rings is 1. The van der Waals surface area contributed by atoms with E-state index in [0.717, 1.165) is 0 Å². The number of nitrogens with one attached hydrogen (secondary N) is 1. The molecule has 112 valence electrons. The topological polar surface area (TPSA) is 51.0 Å². The molecule has 0 amide bonds. The summed E-state index contributed by atoms with van der Waals surface area (Å²) in [7, 11) is 1.97. The summed E-state index contributed by atoms with van der Waals surface area (Å²) in [5.74, 6) is 1.23. The molecule has 4 nitrogen and oxygen atoms in total. The van der Waals surface area contributed by atoms with E-state index in [1.54, 1.807) is 18.2 Å². The van der Waals surface area contributed by atoms with Gasteiger partial charge in [0.15, 0.2) is 0 Å². The van der Waals surface area contributed by atoms with Crippen molar-refractivity contribution in [1.29, 1.82) is 0 Å². The zero-order chi connectivity index (χ0) is 14.7. The monoisotopic (exact) mass is 289 g/mol. The van der Waals surface area contributed by atoms with Gasteiger partial charge in [-0.1, -0.05) is 30.1 Å². The van der Waals surface area contributed by atoms with E-state index >= 15 is 0 Å². The average molecular weight is 289 g/mol. The van der Waals surface area contributed by atoms with Gasteiger partial charge in [0.2, 0.25) is 11.7 Å². The van der Waals surface area contributed by atoms with E-state index in [0.29, 0.717) is 35.7 Å². The van der Waals surface area contributed by atoms with E-state index in [1.807, 2.05) is 7.05 Å². The maximum absolute atomic E-state index is 13.7. The molecule has 0 bridgehead atoms. The fourth-order valence-electron chi connectivity index (χ4n) is 3.14. The van der Waals surface area contributed by atoms with E-state index in [4.69, 9.17) is 4.52 Å². The third-order valence-electron chi connectivity index (χ3n) is 4.32. The minimum atomic E-state index is -0.328. The van der Waals surface area contributed by atoms with Crippen LogP contribution in [0.1, 0.15) is 31.6 Å². The van der Waals surface area contributed by atoms with Crippen molar-refractivity contribution in [3.63, 3.8) is 0 Å². The van der Waals surface area contributed by atoms with Crippen LogP contribution in [0.3, 0.4) is 0 Å². The van der Waals surface area contributed by atoms with Crippen LogP contribution in [-0.4, -0.2) is 23.2 Å². The molecule has 5 heteroatoms. The van der Waals surface area contributed by atoms with Crippen LogP contribution in [0.2, 0.25) is 0 Å². The van der Waals surface area contributed by atoms with Crippen LogP contribution in [-0.2, 0) is 6.42 Å². The number of nitrogens with zero attached hydrogens (tertiary/aromatic N) is 2. The Bertz CT molecular complexity index is 593. The first-order valence-electron chi connectivity index (χ1n) is 7.52. The van der Waals surface area contributed by atoms with Crippen molar-refractivity contribution in [3.8, 4) is 11.4 Å². The number of halogens is 1. The first-order valence-corrected chi connectivity index (χ1v) is 7.52. The quantitative estimate of drug-likeness (QED) is 0.918. The number of aromatic nitrogens is 2. The van der Waals surface area contributed by atoms with E-state index in [2.05, 4.69) is 15.5 Å². The Kier molecular flexibility index (Phi) is 4.29. The molecule has 1 fully saturated rings. The summed E-state index contributed by atoms with van der Waals surface area (Å²) in [6.45, 7) is 0. The van der Waals surface area contributed by atoms with Gasteiger partial charge in [-0.05, 0) is 37.9 Å². The molecule has 0 saturated heterocycles. The number of hydrogen-bond acceptors (Lipinski definition) is 4. The Morgan fingerprint density at radius 2 is 2.10 bits per heavy atom. The van der Waals surface area contributed by atoms with Crippen molar-refractivity contribution in [2.24, 2.45) is 5.92 Å². The maximum atomic E-state index is 13.7. The molecule has 1 unspecified atom stereocenters. The highest BCUT2D eigenvalue weighted by Gasteiger charge is 2.26. The lowest BCUT2D eigenvalue weighted by atomic mass is 9.95. The second kappa shape index (κ2) is 6.35. The lowest BCUT2D eigenvalue weighted by Crippen LogP contribution is -2.34. The fourth-order valence-corrected chi connectivity index (χ4v) is 3.14. The molecule has 1 saturated carbocycles. The molecule has 2 aromatic rings. The molecule has 3 rings (SSSR count). The first kappa shape index (κ1) is 14.2. The summed E-state index contributed by atoms with van der Waals surface area (Å²) in [5, 5.41) is 7.26. The smallest absolute Gasteiger partial charge is 0.228 e. The van der Waals surface area contributed by atoms with Crippen LogP contribution in [0, 0.1) is 11.7 Å². The second-order valence-corrected chi connectivity index (χ2v) is 5.64. The Morgan fingerprint density at radius 3 is 2.81 bits per heavy atom.